The fraction of sp³-hybridized carbons (Fsp3) is 0.0714. The number of rotatable bonds is 3. The van der Waals surface area contributed by atoms with Crippen molar-refractivity contribution >= 4 is 22.7 Å². The summed E-state index contributed by atoms with van der Waals surface area (Å²) in [5.74, 6) is -0.877. The predicted octanol–water partition coefficient (Wildman–Crippen LogP) is 4.33. The standard InChI is InChI=1S/C14H10ClF2NO/c15-14(19)18(13-6-2-5-12(17)8-13)9-10-3-1-4-11(16)7-10/h1-8H,9H2. The van der Waals surface area contributed by atoms with Crippen LogP contribution in [0.15, 0.2) is 48.5 Å². The second-order valence-corrected chi connectivity index (χ2v) is 4.27. The van der Waals surface area contributed by atoms with Crippen LogP contribution in [0.4, 0.5) is 19.3 Å². The van der Waals surface area contributed by atoms with Crippen LogP contribution in [0.25, 0.3) is 0 Å². The first kappa shape index (κ1) is 13.5. The number of nitrogens with zero attached hydrogens (tertiary/aromatic N) is 1. The molecule has 0 saturated heterocycles. The van der Waals surface area contributed by atoms with Crippen molar-refractivity contribution in [3.63, 3.8) is 0 Å². The number of carbonyl (C=O) groups is 1. The summed E-state index contributed by atoms with van der Waals surface area (Å²) in [6, 6.07) is 11.3. The van der Waals surface area contributed by atoms with Crippen LogP contribution in [-0.2, 0) is 6.54 Å². The van der Waals surface area contributed by atoms with Crippen LogP contribution in [-0.4, -0.2) is 5.37 Å². The van der Waals surface area contributed by atoms with Gasteiger partial charge in [0.15, 0.2) is 0 Å². The zero-order chi connectivity index (χ0) is 13.8. The van der Waals surface area contributed by atoms with Crippen LogP contribution in [0.3, 0.4) is 0 Å². The van der Waals surface area contributed by atoms with Gasteiger partial charge < -0.3 is 0 Å². The van der Waals surface area contributed by atoms with Crippen molar-refractivity contribution in [1.82, 2.24) is 0 Å². The van der Waals surface area contributed by atoms with E-state index in [0.29, 0.717) is 11.3 Å². The number of hydrogen-bond donors (Lipinski definition) is 0. The minimum Gasteiger partial charge on any atom is -0.294 e. The largest absolute Gasteiger partial charge is 0.321 e. The number of amides is 1. The summed E-state index contributed by atoms with van der Waals surface area (Å²) in [5, 5.41) is -0.755. The lowest BCUT2D eigenvalue weighted by Crippen LogP contribution is -2.25. The van der Waals surface area contributed by atoms with E-state index in [9.17, 15) is 13.6 Å². The normalized spacial score (nSPS) is 10.3. The van der Waals surface area contributed by atoms with Crippen molar-refractivity contribution in [3.05, 3.63) is 65.7 Å². The Morgan fingerprint density at radius 1 is 1.05 bits per heavy atom. The van der Waals surface area contributed by atoms with Crippen molar-refractivity contribution in [1.29, 1.82) is 0 Å². The van der Waals surface area contributed by atoms with Crippen molar-refractivity contribution in [2.75, 3.05) is 4.90 Å². The third-order valence-corrected chi connectivity index (χ3v) is 2.77. The number of hydrogen-bond acceptors (Lipinski definition) is 1. The summed E-state index contributed by atoms with van der Waals surface area (Å²) in [5.41, 5.74) is 0.891. The molecule has 5 heteroatoms. The van der Waals surface area contributed by atoms with E-state index >= 15 is 0 Å². The Kier molecular flexibility index (Phi) is 4.12. The lowest BCUT2D eigenvalue weighted by atomic mass is 10.2. The van der Waals surface area contributed by atoms with Gasteiger partial charge in [0.1, 0.15) is 11.6 Å². The van der Waals surface area contributed by atoms with Gasteiger partial charge in [-0.3, -0.25) is 9.69 Å². The molecule has 0 spiro atoms. The minimum atomic E-state index is -0.755. The lowest BCUT2D eigenvalue weighted by Gasteiger charge is -2.20. The molecular weight excluding hydrogens is 272 g/mol. The molecule has 0 bridgehead atoms. The van der Waals surface area contributed by atoms with E-state index < -0.39 is 17.0 Å². The fourth-order valence-electron chi connectivity index (χ4n) is 1.72. The molecule has 0 aliphatic heterocycles. The third kappa shape index (κ3) is 3.51. The summed E-state index contributed by atoms with van der Waals surface area (Å²) in [7, 11) is 0. The van der Waals surface area contributed by atoms with E-state index in [1.165, 1.54) is 41.3 Å². The van der Waals surface area contributed by atoms with Crippen LogP contribution in [0.1, 0.15) is 5.56 Å². The monoisotopic (exact) mass is 281 g/mol. The van der Waals surface area contributed by atoms with Crippen molar-refractivity contribution in [2.24, 2.45) is 0 Å². The fourth-order valence-corrected chi connectivity index (χ4v) is 1.87. The van der Waals surface area contributed by atoms with Gasteiger partial charge in [-0.2, -0.15) is 0 Å². The molecule has 98 valence electrons. The highest BCUT2D eigenvalue weighted by Gasteiger charge is 2.14. The molecular formula is C14H10ClF2NO. The molecule has 0 heterocycles. The Morgan fingerprint density at radius 2 is 1.68 bits per heavy atom. The Hall–Kier alpha value is -1.94. The van der Waals surface area contributed by atoms with Crippen LogP contribution in [0.5, 0.6) is 0 Å². The predicted molar refractivity (Wildman–Crippen MR) is 70.2 cm³/mol. The molecule has 0 aromatic heterocycles. The summed E-state index contributed by atoms with van der Waals surface area (Å²) >= 11 is 5.49. The first-order chi connectivity index (χ1) is 9.06. The first-order valence-electron chi connectivity index (χ1n) is 5.53. The Balaban J connectivity index is 2.29. The second kappa shape index (κ2) is 5.80. The average Bonchev–Trinajstić information content (AvgIpc) is 2.35. The van der Waals surface area contributed by atoms with E-state index in [2.05, 4.69) is 0 Å². The maximum absolute atomic E-state index is 13.2. The van der Waals surface area contributed by atoms with E-state index in [0.717, 1.165) is 0 Å². The van der Waals surface area contributed by atoms with Crippen LogP contribution in [0.2, 0.25) is 0 Å². The van der Waals surface area contributed by atoms with E-state index in [1.807, 2.05) is 0 Å². The molecule has 1 amide bonds. The summed E-state index contributed by atoms with van der Waals surface area (Å²) in [6.07, 6.45) is 0. The van der Waals surface area contributed by atoms with Gasteiger partial charge in [-0.15, -0.1) is 0 Å². The molecule has 0 unspecified atom stereocenters. The summed E-state index contributed by atoms with van der Waals surface area (Å²) in [4.78, 5) is 12.6. The number of carbonyl (C=O) groups excluding carboxylic acids is 1. The average molecular weight is 282 g/mol. The smallest absolute Gasteiger partial charge is 0.294 e. The molecule has 2 aromatic carbocycles. The molecule has 0 aliphatic rings. The second-order valence-electron chi connectivity index (χ2n) is 3.95. The molecule has 2 rings (SSSR count). The van der Waals surface area contributed by atoms with Gasteiger partial charge in [-0.05, 0) is 47.5 Å². The van der Waals surface area contributed by atoms with Crippen LogP contribution in [0, 0.1) is 11.6 Å². The third-order valence-electron chi connectivity index (χ3n) is 2.56. The minimum absolute atomic E-state index is 0.0730. The topological polar surface area (TPSA) is 20.3 Å². The maximum Gasteiger partial charge on any atom is 0.321 e. The van der Waals surface area contributed by atoms with Crippen molar-refractivity contribution < 1.29 is 13.6 Å². The van der Waals surface area contributed by atoms with Gasteiger partial charge in [0.05, 0.1) is 6.54 Å². The lowest BCUT2D eigenvalue weighted by molar-refractivity contribution is 0.264. The summed E-state index contributed by atoms with van der Waals surface area (Å²) in [6.45, 7) is 0.0730. The van der Waals surface area contributed by atoms with Crippen molar-refractivity contribution in [3.8, 4) is 0 Å². The van der Waals surface area contributed by atoms with Crippen LogP contribution < -0.4 is 4.90 Å². The number of benzene rings is 2. The van der Waals surface area contributed by atoms with Gasteiger partial charge in [-0.25, -0.2) is 8.78 Å². The molecule has 2 nitrogen and oxygen atoms in total. The molecule has 0 N–H and O–H groups in total. The number of anilines is 1. The molecule has 0 aliphatic carbocycles. The Morgan fingerprint density at radius 3 is 2.26 bits per heavy atom. The Labute approximate surface area is 114 Å². The molecule has 2 aromatic rings. The van der Waals surface area contributed by atoms with Gasteiger partial charge in [-0.1, -0.05) is 18.2 Å². The zero-order valence-electron chi connectivity index (χ0n) is 9.82. The number of halogens is 3. The highest BCUT2D eigenvalue weighted by Crippen LogP contribution is 2.20. The quantitative estimate of drug-likeness (QED) is 0.606. The van der Waals surface area contributed by atoms with E-state index in [-0.39, 0.29) is 6.54 Å². The molecule has 0 saturated carbocycles. The molecule has 0 fully saturated rings. The molecule has 19 heavy (non-hydrogen) atoms. The van der Waals surface area contributed by atoms with Gasteiger partial charge in [0, 0.05) is 5.69 Å². The van der Waals surface area contributed by atoms with Gasteiger partial charge >= 0.3 is 5.37 Å². The highest BCUT2D eigenvalue weighted by molar-refractivity contribution is 6.66. The maximum atomic E-state index is 13.2. The van der Waals surface area contributed by atoms with E-state index in [4.69, 9.17) is 11.6 Å². The molecule has 0 radical (unpaired) electrons. The SMILES string of the molecule is O=C(Cl)N(Cc1cccc(F)c1)c1cccc(F)c1. The zero-order valence-corrected chi connectivity index (χ0v) is 10.6. The van der Waals surface area contributed by atoms with Crippen LogP contribution >= 0.6 is 11.6 Å². The molecule has 0 atom stereocenters. The van der Waals surface area contributed by atoms with Gasteiger partial charge in [0.25, 0.3) is 0 Å². The summed E-state index contributed by atoms with van der Waals surface area (Å²) < 4.78 is 26.2. The van der Waals surface area contributed by atoms with Gasteiger partial charge in [0.2, 0.25) is 0 Å². The van der Waals surface area contributed by atoms with E-state index in [1.54, 1.807) is 12.1 Å². The van der Waals surface area contributed by atoms with Crippen molar-refractivity contribution in [2.45, 2.75) is 6.54 Å². The first-order valence-corrected chi connectivity index (χ1v) is 5.91. The highest BCUT2D eigenvalue weighted by atomic mass is 35.5. The Bertz CT molecular complexity index is 604.